The molecule has 0 amide bonds. The zero-order valence-corrected chi connectivity index (χ0v) is 9.03. The highest BCUT2D eigenvalue weighted by molar-refractivity contribution is 5.20. The zero-order valence-electron chi connectivity index (χ0n) is 9.03. The van der Waals surface area contributed by atoms with Crippen molar-refractivity contribution in [1.82, 2.24) is 24.5 Å². The van der Waals surface area contributed by atoms with E-state index >= 15 is 0 Å². The van der Waals surface area contributed by atoms with Gasteiger partial charge in [-0.05, 0) is 13.0 Å². The molecule has 7 nitrogen and oxygen atoms in total. The van der Waals surface area contributed by atoms with Gasteiger partial charge in [-0.1, -0.05) is 0 Å². The molecule has 0 radical (unpaired) electrons. The molecule has 0 unspecified atom stereocenters. The number of nitrogens with two attached hydrogens (primary N) is 1. The van der Waals surface area contributed by atoms with E-state index in [4.69, 9.17) is 5.73 Å². The Morgan fingerprint density at radius 2 is 2.19 bits per heavy atom. The summed E-state index contributed by atoms with van der Waals surface area (Å²) in [5, 5.41) is 8.09. The molecule has 7 heteroatoms. The lowest BCUT2D eigenvalue weighted by molar-refractivity contribution is 0.635. The normalized spacial score (nSPS) is 12.7. The second-order valence-electron chi connectivity index (χ2n) is 3.47. The molecule has 2 rings (SSSR count). The summed E-state index contributed by atoms with van der Waals surface area (Å²) in [4.78, 5) is 15.2. The monoisotopic (exact) mass is 220 g/mol. The van der Waals surface area contributed by atoms with E-state index < -0.39 is 0 Å². The van der Waals surface area contributed by atoms with Crippen molar-refractivity contribution in [3.8, 4) is 5.82 Å². The molecule has 0 saturated heterocycles. The van der Waals surface area contributed by atoms with Crippen molar-refractivity contribution in [2.24, 2.45) is 12.8 Å². The fourth-order valence-corrected chi connectivity index (χ4v) is 1.34. The number of hydrogen-bond acceptors (Lipinski definition) is 5. The third-order valence-corrected chi connectivity index (χ3v) is 2.14. The summed E-state index contributed by atoms with van der Waals surface area (Å²) in [6.45, 7) is 1.81. The molecule has 0 aromatic carbocycles. The van der Waals surface area contributed by atoms with Crippen LogP contribution in [0.3, 0.4) is 0 Å². The summed E-state index contributed by atoms with van der Waals surface area (Å²) in [6, 6.07) is 2.76. The lowest BCUT2D eigenvalue weighted by atomic mass is 10.3. The maximum absolute atomic E-state index is 11.2. The van der Waals surface area contributed by atoms with E-state index in [0.717, 1.165) is 0 Å². The average molecular weight is 220 g/mol. The highest BCUT2D eigenvalue weighted by Crippen LogP contribution is 2.09. The molecule has 2 aromatic rings. The summed E-state index contributed by atoms with van der Waals surface area (Å²) < 4.78 is 2.76. The van der Waals surface area contributed by atoms with Crippen LogP contribution in [0.5, 0.6) is 0 Å². The van der Waals surface area contributed by atoms with Gasteiger partial charge >= 0.3 is 0 Å². The van der Waals surface area contributed by atoms with E-state index in [-0.39, 0.29) is 11.6 Å². The molecule has 2 aromatic heterocycles. The van der Waals surface area contributed by atoms with Gasteiger partial charge in [0.2, 0.25) is 0 Å². The molecule has 0 aliphatic carbocycles. The highest BCUT2D eigenvalue weighted by atomic mass is 16.1. The van der Waals surface area contributed by atoms with Crippen LogP contribution >= 0.6 is 0 Å². The van der Waals surface area contributed by atoms with Gasteiger partial charge in [0.25, 0.3) is 5.56 Å². The lowest BCUT2D eigenvalue weighted by Gasteiger charge is -2.07. The Morgan fingerprint density at radius 3 is 2.81 bits per heavy atom. The summed E-state index contributed by atoms with van der Waals surface area (Å²) in [5.41, 5.74) is 5.57. The topological polar surface area (TPSA) is 91.6 Å². The third kappa shape index (κ3) is 1.72. The van der Waals surface area contributed by atoms with Gasteiger partial charge in [-0.2, -0.15) is 9.78 Å². The minimum atomic E-state index is -0.249. The van der Waals surface area contributed by atoms with Crippen molar-refractivity contribution in [2.75, 3.05) is 0 Å². The van der Waals surface area contributed by atoms with Crippen molar-refractivity contribution in [3.63, 3.8) is 0 Å². The van der Waals surface area contributed by atoms with Gasteiger partial charge in [0, 0.05) is 13.1 Å². The van der Waals surface area contributed by atoms with Gasteiger partial charge < -0.3 is 5.73 Å². The summed E-state index contributed by atoms with van der Waals surface area (Å²) in [6.07, 6.45) is 1.41. The Kier molecular flexibility index (Phi) is 2.53. The second-order valence-corrected chi connectivity index (χ2v) is 3.47. The smallest absolute Gasteiger partial charge is 0.266 e. The van der Waals surface area contributed by atoms with E-state index in [0.29, 0.717) is 11.6 Å². The highest BCUT2D eigenvalue weighted by Gasteiger charge is 2.11. The second kappa shape index (κ2) is 3.86. The van der Waals surface area contributed by atoms with Gasteiger partial charge in [0.05, 0.1) is 6.04 Å². The molecule has 16 heavy (non-hydrogen) atoms. The lowest BCUT2D eigenvalue weighted by Crippen LogP contribution is -2.22. The fraction of sp³-hybridized carbons (Fsp3) is 0.333. The van der Waals surface area contributed by atoms with Crippen LogP contribution in [-0.4, -0.2) is 24.5 Å². The first-order valence-corrected chi connectivity index (χ1v) is 4.80. The van der Waals surface area contributed by atoms with Crippen LogP contribution in [0.4, 0.5) is 0 Å². The molecule has 84 valence electrons. The van der Waals surface area contributed by atoms with Crippen LogP contribution < -0.4 is 11.3 Å². The van der Waals surface area contributed by atoms with Crippen molar-refractivity contribution in [3.05, 3.63) is 34.6 Å². The quantitative estimate of drug-likeness (QED) is 0.728. The summed E-state index contributed by atoms with van der Waals surface area (Å²) in [7, 11) is 1.58. The molecular weight excluding hydrogens is 208 g/mol. The minimum absolute atomic E-state index is 0.175. The van der Waals surface area contributed by atoms with Crippen molar-refractivity contribution >= 4 is 0 Å². The zero-order chi connectivity index (χ0) is 11.7. The average Bonchev–Trinajstić information content (AvgIpc) is 2.71. The number of hydrogen-bond donors (Lipinski definition) is 1. The number of aromatic nitrogens is 5. The van der Waals surface area contributed by atoms with Gasteiger partial charge in [0.1, 0.15) is 6.33 Å². The first kappa shape index (κ1) is 10.5. The standard InChI is InChI=1S/C9H12N6O/c1-6(10)9-11-5-12-15(9)7-3-4-8(16)14(2)13-7/h3-6H,10H2,1-2H3/t6-/m0/s1. The molecule has 0 spiro atoms. The van der Waals surface area contributed by atoms with E-state index in [1.54, 1.807) is 13.1 Å². The van der Waals surface area contributed by atoms with Crippen LogP contribution in [0, 0.1) is 0 Å². The van der Waals surface area contributed by atoms with Crippen LogP contribution in [-0.2, 0) is 7.05 Å². The predicted molar refractivity (Wildman–Crippen MR) is 57.0 cm³/mol. The SMILES string of the molecule is C[C@H](N)c1ncnn1-c1ccc(=O)n(C)n1. The Bertz CT molecular complexity index is 555. The number of nitrogens with zero attached hydrogens (tertiary/aromatic N) is 5. The maximum Gasteiger partial charge on any atom is 0.266 e. The molecule has 2 heterocycles. The molecule has 1 atom stereocenters. The van der Waals surface area contributed by atoms with Crippen molar-refractivity contribution < 1.29 is 0 Å². The largest absolute Gasteiger partial charge is 0.322 e. The van der Waals surface area contributed by atoms with Crippen molar-refractivity contribution in [1.29, 1.82) is 0 Å². The molecule has 0 fully saturated rings. The number of aryl methyl sites for hydroxylation is 1. The van der Waals surface area contributed by atoms with Crippen LogP contribution in [0.2, 0.25) is 0 Å². The Morgan fingerprint density at radius 1 is 1.44 bits per heavy atom. The van der Waals surface area contributed by atoms with E-state index in [9.17, 15) is 4.79 Å². The van der Waals surface area contributed by atoms with E-state index in [1.165, 1.54) is 21.8 Å². The van der Waals surface area contributed by atoms with E-state index in [1.807, 2.05) is 6.92 Å². The first-order chi connectivity index (χ1) is 7.59. The van der Waals surface area contributed by atoms with Crippen LogP contribution in [0.25, 0.3) is 5.82 Å². The Labute approximate surface area is 91.5 Å². The molecule has 0 aliphatic rings. The minimum Gasteiger partial charge on any atom is -0.322 e. The molecular formula is C9H12N6O. The van der Waals surface area contributed by atoms with Gasteiger partial charge in [-0.25, -0.2) is 9.67 Å². The van der Waals surface area contributed by atoms with Crippen LogP contribution in [0.15, 0.2) is 23.3 Å². The van der Waals surface area contributed by atoms with Crippen molar-refractivity contribution in [2.45, 2.75) is 13.0 Å². The first-order valence-electron chi connectivity index (χ1n) is 4.80. The summed E-state index contributed by atoms with van der Waals surface area (Å²) >= 11 is 0. The third-order valence-electron chi connectivity index (χ3n) is 2.14. The Hall–Kier alpha value is -2.02. The predicted octanol–water partition coefficient (Wildman–Crippen LogP) is -0.619. The maximum atomic E-state index is 11.2. The van der Waals surface area contributed by atoms with Gasteiger partial charge in [-0.15, -0.1) is 5.10 Å². The fourth-order valence-electron chi connectivity index (χ4n) is 1.34. The number of rotatable bonds is 2. The Balaban J connectivity index is 2.54. The molecule has 0 bridgehead atoms. The van der Waals surface area contributed by atoms with E-state index in [2.05, 4.69) is 15.2 Å². The van der Waals surface area contributed by atoms with Crippen LogP contribution in [0.1, 0.15) is 18.8 Å². The molecule has 0 aliphatic heterocycles. The molecule has 0 saturated carbocycles. The van der Waals surface area contributed by atoms with Gasteiger partial charge in [0.15, 0.2) is 11.6 Å². The molecule has 2 N–H and O–H groups in total. The van der Waals surface area contributed by atoms with Gasteiger partial charge in [-0.3, -0.25) is 4.79 Å². The summed E-state index contributed by atoms with van der Waals surface area (Å²) in [5.74, 6) is 1.12.